The quantitative estimate of drug-likeness (QED) is 0.299. The first-order valence-corrected chi connectivity index (χ1v) is 10.9. The number of hydrogen-bond acceptors (Lipinski definition) is 8. The molecule has 0 bridgehead atoms. The lowest BCUT2D eigenvalue weighted by Gasteiger charge is -2.13. The number of nitrogens with zero attached hydrogens (tertiary/aromatic N) is 4. The van der Waals surface area contributed by atoms with Crippen molar-refractivity contribution in [3.05, 3.63) is 70.6 Å². The van der Waals surface area contributed by atoms with Gasteiger partial charge in [-0.3, -0.25) is 4.79 Å². The molecule has 0 spiro atoms. The Hall–Kier alpha value is -3.73. The van der Waals surface area contributed by atoms with Gasteiger partial charge in [0, 0.05) is 29.9 Å². The number of nitrogens with two attached hydrogens (primary N) is 2. The zero-order chi connectivity index (χ0) is 24.2. The van der Waals surface area contributed by atoms with Crippen LogP contribution in [0.15, 0.2) is 48.9 Å². The van der Waals surface area contributed by atoms with Crippen LogP contribution in [0, 0.1) is 0 Å². The summed E-state index contributed by atoms with van der Waals surface area (Å²) >= 11 is 5.89. The number of methoxy groups -OCH3 is 1. The zero-order valence-electron chi connectivity index (χ0n) is 18.4. The summed E-state index contributed by atoms with van der Waals surface area (Å²) in [5.41, 5.74) is 15.5. The number of aliphatic hydroxyl groups is 1. The van der Waals surface area contributed by atoms with Crippen molar-refractivity contribution in [1.82, 2.24) is 24.9 Å². The number of aromatic nitrogens is 4. The average molecular weight is 482 g/mol. The van der Waals surface area contributed by atoms with Gasteiger partial charge in [0.2, 0.25) is 5.88 Å². The Balaban J connectivity index is 1.56. The van der Waals surface area contributed by atoms with Crippen molar-refractivity contribution in [2.75, 3.05) is 19.4 Å². The van der Waals surface area contributed by atoms with Gasteiger partial charge in [0.1, 0.15) is 17.4 Å². The summed E-state index contributed by atoms with van der Waals surface area (Å²) < 4.78 is 6.92. The number of pyridine rings is 1. The Morgan fingerprint density at radius 2 is 2.03 bits per heavy atom. The standard InChI is InChI=1S/C23H24ClN7O3/c1-34-23-17(22(33)27-7-6-19(32)13-2-4-16(24)5-3-13)8-15(11-28-23)18-9-14(10-25)20-21(26)29-12-30-31(18)20/h2-5,8-9,11-12,19,32H,6-7,10,25H2,1H3,(H,27,33)(H2,26,29,30). The third kappa shape index (κ3) is 4.65. The van der Waals surface area contributed by atoms with Crippen LogP contribution in [0.4, 0.5) is 5.82 Å². The maximum absolute atomic E-state index is 12.9. The molecule has 1 atom stereocenters. The zero-order valence-corrected chi connectivity index (χ0v) is 19.2. The van der Waals surface area contributed by atoms with E-state index in [1.165, 1.54) is 13.4 Å². The predicted molar refractivity (Wildman–Crippen MR) is 128 cm³/mol. The molecule has 0 aliphatic heterocycles. The van der Waals surface area contributed by atoms with E-state index in [1.807, 2.05) is 6.07 Å². The monoisotopic (exact) mass is 481 g/mol. The third-order valence-corrected chi connectivity index (χ3v) is 5.68. The Bertz CT molecular complexity index is 1320. The van der Waals surface area contributed by atoms with E-state index in [1.54, 1.807) is 41.0 Å². The number of amides is 1. The Labute approximate surface area is 200 Å². The molecule has 0 fully saturated rings. The van der Waals surface area contributed by atoms with Crippen LogP contribution in [-0.2, 0) is 6.54 Å². The van der Waals surface area contributed by atoms with E-state index in [4.69, 9.17) is 27.8 Å². The SMILES string of the molecule is COc1ncc(-c2cc(CN)c3c(N)ncnn23)cc1C(=O)NCCC(O)c1ccc(Cl)cc1. The summed E-state index contributed by atoms with van der Waals surface area (Å²) in [7, 11) is 1.44. The van der Waals surface area contributed by atoms with Crippen molar-refractivity contribution < 1.29 is 14.6 Å². The molecule has 4 aromatic rings. The van der Waals surface area contributed by atoms with Crippen LogP contribution in [0.1, 0.15) is 34.0 Å². The van der Waals surface area contributed by atoms with Crippen LogP contribution in [-0.4, -0.2) is 44.3 Å². The maximum Gasteiger partial charge on any atom is 0.256 e. The molecule has 1 amide bonds. The second-order valence-electron chi connectivity index (χ2n) is 7.56. The number of nitrogen functional groups attached to an aromatic ring is 1. The highest BCUT2D eigenvalue weighted by molar-refractivity contribution is 6.30. The summed E-state index contributed by atoms with van der Waals surface area (Å²) in [4.78, 5) is 21.3. The van der Waals surface area contributed by atoms with Crippen LogP contribution in [0.5, 0.6) is 5.88 Å². The topological polar surface area (TPSA) is 154 Å². The lowest BCUT2D eigenvalue weighted by Crippen LogP contribution is -2.26. The Morgan fingerprint density at radius 1 is 1.26 bits per heavy atom. The number of benzene rings is 1. The molecule has 11 heteroatoms. The highest BCUT2D eigenvalue weighted by Crippen LogP contribution is 2.29. The minimum Gasteiger partial charge on any atom is -0.480 e. The molecule has 0 radical (unpaired) electrons. The van der Waals surface area contributed by atoms with Crippen LogP contribution in [0.25, 0.3) is 16.8 Å². The van der Waals surface area contributed by atoms with Crippen molar-refractivity contribution in [2.24, 2.45) is 5.73 Å². The number of hydrogen-bond donors (Lipinski definition) is 4. The van der Waals surface area contributed by atoms with Gasteiger partial charge in [0.05, 0.1) is 18.9 Å². The Morgan fingerprint density at radius 3 is 2.74 bits per heavy atom. The molecule has 176 valence electrons. The van der Waals surface area contributed by atoms with Crippen molar-refractivity contribution in [2.45, 2.75) is 19.1 Å². The number of aliphatic hydroxyl groups excluding tert-OH is 1. The summed E-state index contributed by atoms with van der Waals surface area (Å²) in [6.45, 7) is 0.485. The molecular weight excluding hydrogens is 458 g/mol. The first kappa shape index (κ1) is 23.4. The molecule has 1 aromatic carbocycles. The predicted octanol–water partition coefficient (Wildman–Crippen LogP) is 2.35. The number of anilines is 1. The average Bonchev–Trinajstić information content (AvgIpc) is 3.24. The number of rotatable bonds is 8. The smallest absolute Gasteiger partial charge is 0.256 e. The van der Waals surface area contributed by atoms with E-state index in [-0.39, 0.29) is 30.4 Å². The van der Waals surface area contributed by atoms with E-state index < -0.39 is 6.10 Å². The molecule has 4 rings (SSSR count). The highest BCUT2D eigenvalue weighted by atomic mass is 35.5. The van der Waals surface area contributed by atoms with Crippen molar-refractivity contribution in [3.8, 4) is 17.1 Å². The van der Waals surface area contributed by atoms with Gasteiger partial charge in [-0.1, -0.05) is 23.7 Å². The van der Waals surface area contributed by atoms with Crippen LogP contribution < -0.4 is 21.5 Å². The van der Waals surface area contributed by atoms with Crippen molar-refractivity contribution >= 4 is 28.8 Å². The highest BCUT2D eigenvalue weighted by Gasteiger charge is 2.19. The number of fused-ring (bicyclic) bond motifs is 1. The summed E-state index contributed by atoms with van der Waals surface area (Å²) in [5, 5.41) is 18.1. The lowest BCUT2D eigenvalue weighted by atomic mass is 10.1. The molecular formula is C23H24ClN7O3. The van der Waals surface area contributed by atoms with E-state index in [0.717, 1.165) is 11.1 Å². The molecule has 10 nitrogen and oxygen atoms in total. The van der Waals surface area contributed by atoms with Gasteiger partial charge in [0.25, 0.3) is 5.91 Å². The van der Waals surface area contributed by atoms with Gasteiger partial charge in [0.15, 0.2) is 5.82 Å². The molecule has 34 heavy (non-hydrogen) atoms. The van der Waals surface area contributed by atoms with Crippen molar-refractivity contribution in [3.63, 3.8) is 0 Å². The van der Waals surface area contributed by atoms with E-state index in [0.29, 0.717) is 34.0 Å². The third-order valence-electron chi connectivity index (χ3n) is 5.42. The molecule has 3 heterocycles. The second-order valence-corrected chi connectivity index (χ2v) is 7.99. The summed E-state index contributed by atoms with van der Waals surface area (Å²) in [6.07, 6.45) is 2.52. The van der Waals surface area contributed by atoms with Gasteiger partial charge in [-0.05, 0) is 41.8 Å². The van der Waals surface area contributed by atoms with Crippen LogP contribution in [0.3, 0.4) is 0 Å². The summed E-state index contributed by atoms with van der Waals surface area (Å²) in [6, 6.07) is 10.4. The normalized spacial score (nSPS) is 12.0. The van der Waals surface area contributed by atoms with Gasteiger partial charge in [-0.2, -0.15) is 5.10 Å². The van der Waals surface area contributed by atoms with Gasteiger partial charge >= 0.3 is 0 Å². The Kier molecular flexibility index (Phi) is 6.92. The van der Waals surface area contributed by atoms with E-state index in [9.17, 15) is 9.90 Å². The van der Waals surface area contributed by atoms with Crippen molar-refractivity contribution in [1.29, 1.82) is 0 Å². The van der Waals surface area contributed by atoms with Gasteiger partial charge < -0.3 is 26.6 Å². The first-order valence-electron chi connectivity index (χ1n) is 10.5. The minimum atomic E-state index is -0.740. The molecule has 6 N–H and O–H groups in total. The van der Waals surface area contributed by atoms with Gasteiger partial charge in [-0.25, -0.2) is 14.5 Å². The number of nitrogens with one attached hydrogen (secondary N) is 1. The molecule has 0 aliphatic rings. The van der Waals surface area contributed by atoms with E-state index >= 15 is 0 Å². The molecule has 0 saturated heterocycles. The minimum absolute atomic E-state index is 0.175. The van der Waals surface area contributed by atoms with E-state index in [2.05, 4.69) is 20.4 Å². The van der Waals surface area contributed by atoms with Gasteiger partial charge in [-0.15, -0.1) is 0 Å². The van der Waals surface area contributed by atoms with Crippen LogP contribution >= 0.6 is 11.6 Å². The number of carbonyl (C=O) groups excluding carboxylic acids is 1. The first-order chi connectivity index (χ1) is 16.4. The molecule has 0 saturated carbocycles. The fourth-order valence-corrected chi connectivity index (χ4v) is 3.82. The lowest BCUT2D eigenvalue weighted by molar-refractivity contribution is 0.0939. The fraction of sp³-hybridized carbons (Fsp3) is 0.217. The molecule has 1 unspecified atom stereocenters. The fourth-order valence-electron chi connectivity index (χ4n) is 3.69. The number of carbonyl (C=O) groups is 1. The summed E-state index contributed by atoms with van der Waals surface area (Å²) in [5.74, 6) is 0.0949. The molecule has 0 aliphatic carbocycles. The second kappa shape index (κ2) is 10.0. The maximum atomic E-state index is 12.9. The van der Waals surface area contributed by atoms with Crippen LogP contribution in [0.2, 0.25) is 5.02 Å². The largest absolute Gasteiger partial charge is 0.480 e. The molecule has 3 aromatic heterocycles. The number of ether oxygens (including phenoxy) is 1. The number of halogens is 1.